The number of carboxylic acids is 1. The molecule has 0 spiro atoms. The Hall–Kier alpha value is -2.74. The summed E-state index contributed by atoms with van der Waals surface area (Å²) in [4.78, 5) is 10.5. The molecule has 0 saturated carbocycles. The molecule has 0 amide bonds. The van der Waals surface area contributed by atoms with Crippen molar-refractivity contribution in [1.82, 2.24) is 0 Å². The number of aliphatic carboxylic acids is 1. The van der Waals surface area contributed by atoms with Crippen LogP contribution in [0.25, 0.3) is 0 Å². The molecule has 2 aromatic carbocycles. The highest BCUT2D eigenvalue weighted by Gasteiger charge is 2.20. The summed E-state index contributed by atoms with van der Waals surface area (Å²) in [6, 6.07) is 10.8. The van der Waals surface area contributed by atoms with Crippen molar-refractivity contribution in [1.29, 1.82) is 0 Å². The van der Waals surface area contributed by atoms with E-state index in [2.05, 4.69) is 4.72 Å². The van der Waals surface area contributed by atoms with E-state index in [9.17, 15) is 13.2 Å². The lowest BCUT2D eigenvalue weighted by Crippen LogP contribution is -2.14. The Bertz CT molecular complexity index is 861. The second kappa shape index (κ2) is 6.40. The Kier molecular flexibility index (Phi) is 4.30. The molecular weight excluding hydrogens is 334 g/mol. The van der Waals surface area contributed by atoms with Gasteiger partial charge >= 0.3 is 5.97 Å². The second-order valence-corrected chi connectivity index (χ2v) is 6.82. The fourth-order valence-corrected chi connectivity index (χ4v) is 3.47. The Morgan fingerprint density at radius 1 is 1.21 bits per heavy atom. The smallest absolute Gasteiger partial charge is 0.341 e. The van der Waals surface area contributed by atoms with Gasteiger partial charge in [0, 0.05) is 12.0 Å². The summed E-state index contributed by atoms with van der Waals surface area (Å²) in [5, 5.41) is 8.56. The Labute approximate surface area is 138 Å². The molecule has 0 bridgehead atoms. The molecule has 0 aromatic heterocycles. The number of nitrogens with one attached hydrogen (secondary N) is 1. The maximum Gasteiger partial charge on any atom is 0.341 e. The van der Waals surface area contributed by atoms with Gasteiger partial charge in [0.05, 0.1) is 17.2 Å². The van der Waals surface area contributed by atoms with Crippen LogP contribution in [-0.4, -0.2) is 32.7 Å². The summed E-state index contributed by atoms with van der Waals surface area (Å²) in [5.41, 5.74) is 1.33. The molecule has 0 saturated heterocycles. The highest BCUT2D eigenvalue weighted by atomic mass is 32.2. The average Bonchev–Trinajstić information content (AvgIpc) is 3.03. The zero-order valence-corrected chi connectivity index (χ0v) is 13.4. The number of ether oxygens (including phenoxy) is 2. The first kappa shape index (κ1) is 16.1. The number of carbonyl (C=O) groups is 1. The summed E-state index contributed by atoms with van der Waals surface area (Å²) in [6.45, 7) is 0.0458. The van der Waals surface area contributed by atoms with Crippen LogP contribution in [-0.2, 0) is 21.2 Å². The first-order valence-corrected chi connectivity index (χ1v) is 8.66. The van der Waals surface area contributed by atoms with Crippen molar-refractivity contribution in [2.24, 2.45) is 0 Å². The van der Waals surface area contributed by atoms with E-state index in [0.717, 1.165) is 5.56 Å². The number of benzene rings is 2. The van der Waals surface area contributed by atoms with E-state index in [1.54, 1.807) is 18.2 Å². The van der Waals surface area contributed by atoms with Crippen LogP contribution in [0.2, 0.25) is 0 Å². The SMILES string of the molecule is O=C(O)COc1ccc(S(=O)(=O)Nc2cccc3c2CCO3)cc1. The Morgan fingerprint density at radius 3 is 2.67 bits per heavy atom. The second-order valence-electron chi connectivity index (χ2n) is 5.14. The predicted octanol–water partition coefficient (Wildman–Crippen LogP) is 1.89. The first-order valence-electron chi connectivity index (χ1n) is 7.18. The van der Waals surface area contributed by atoms with Gasteiger partial charge in [-0.15, -0.1) is 0 Å². The van der Waals surface area contributed by atoms with Crippen LogP contribution < -0.4 is 14.2 Å². The largest absolute Gasteiger partial charge is 0.493 e. The molecular formula is C16H15NO6S. The van der Waals surface area contributed by atoms with Gasteiger partial charge in [-0.05, 0) is 36.4 Å². The van der Waals surface area contributed by atoms with Crippen molar-refractivity contribution in [3.8, 4) is 11.5 Å². The zero-order chi connectivity index (χ0) is 17.2. The van der Waals surface area contributed by atoms with Crippen molar-refractivity contribution in [2.75, 3.05) is 17.9 Å². The van der Waals surface area contributed by atoms with Crippen LogP contribution in [0.5, 0.6) is 11.5 Å². The number of hydrogen-bond acceptors (Lipinski definition) is 5. The van der Waals surface area contributed by atoms with E-state index in [4.69, 9.17) is 14.6 Å². The lowest BCUT2D eigenvalue weighted by atomic mass is 10.1. The van der Waals surface area contributed by atoms with Gasteiger partial charge in [-0.1, -0.05) is 6.07 Å². The van der Waals surface area contributed by atoms with Crippen LogP contribution in [0.15, 0.2) is 47.4 Å². The minimum absolute atomic E-state index is 0.0571. The molecule has 1 aliphatic heterocycles. The normalized spacial score (nSPS) is 13.0. The maximum absolute atomic E-state index is 12.5. The third-order valence-corrected chi connectivity index (χ3v) is 4.86. The van der Waals surface area contributed by atoms with Crippen LogP contribution >= 0.6 is 0 Å². The zero-order valence-electron chi connectivity index (χ0n) is 12.6. The monoisotopic (exact) mass is 349 g/mol. The number of sulfonamides is 1. The average molecular weight is 349 g/mol. The van der Waals surface area contributed by atoms with Crippen molar-refractivity contribution in [3.63, 3.8) is 0 Å². The highest BCUT2D eigenvalue weighted by molar-refractivity contribution is 7.92. The molecule has 24 heavy (non-hydrogen) atoms. The molecule has 2 aromatic rings. The lowest BCUT2D eigenvalue weighted by molar-refractivity contribution is -0.139. The molecule has 0 unspecified atom stereocenters. The molecule has 7 nitrogen and oxygen atoms in total. The van der Waals surface area contributed by atoms with Gasteiger partial charge in [-0.25, -0.2) is 13.2 Å². The number of anilines is 1. The molecule has 1 heterocycles. The minimum Gasteiger partial charge on any atom is -0.493 e. The van der Waals surface area contributed by atoms with Crippen LogP contribution in [0.3, 0.4) is 0 Å². The van der Waals surface area contributed by atoms with E-state index in [1.165, 1.54) is 24.3 Å². The molecule has 0 aliphatic carbocycles. The maximum atomic E-state index is 12.5. The molecule has 126 valence electrons. The number of fused-ring (bicyclic) bond motifs is 1. The summed E-state index contributed by atoms with van der Waals surface area (Å²) in [6.07, 6.45) is 0.649. The highest BCUT2D eigenvalue weighted by Crippen LogP contribution is 2.32. The lowest BCUT2D eigenvalue weighted by Gasteiger charge is -2.11. The van der Waals surface area contributed by atoms with E-state index in [0.29, 0.717) is 24.5 Å². The summed E-state index contributed by atoms with van der Waals surface area (Å²) in [5.74, 6) is -0.133. The van der Waals surface area contributed by atoms with Crippen LogP contribution in [0.1, 0.15) is 5.56 Å². The van der Waals surface area contributed by atoms with Gasteiger partial charge in [0.1, 0.15) is 11.5 Å². The standard InChI is InChI=1S/C16H15NO6S/c18-16(19)10-23-11-4-6-12(7-5-11)24(20,21)17-14-2-1-3-15-13(14)8-9-22-15/h1-7,17H,8-10H2,(H,18,19). The predicted molar refractivity (Wildman–Crippen MR) is 86.0 cm³/mol. The van der Waals surface area contributed by atoms with Crippen LogP contribution in [0, 0.1) is 0 Å². The van der Waals surface area contributed by atoms with E-state index in [-0.39, 0.29) is 10.6 Å². The number of hydrogen-bond donors (Lipinski definition) is 2. The molecule has 1 aliphatic rings. The molecule has 3 rings (SSSR count). The summed E-state index contributed by atoms with van der Waals surface area (Å²) < 4.78 is 38.0. The molecule has 2 N–H and O–H groups in total. The van der Waals surface area contributed by atoms with Gasteiger partial charge in [-0.2, -0.15) is 0 Å². The fraction of sp³-hybridized carbons (Fsp3) is 0.188. The number of carboxylic acid groups (broad SMARTS) is 1. The topological polar surface area (TPSA) is 102 Å². The van der Waals surface area contributed by atoms with E-state index in [1.807, 2.05) is 0 Å². The molecule has 8 heteroatoms. The van der Waals surface area contributed by atoms with Gasteiger partial charge in [0.2, 0.25) is 0 Å². The third-order valence-electron chi connectivity index (χ3n) is 3.48. The van der Waals surface area contributed by atoms with Crippen molar-refractivity contribution in [3.05, 3.63) is 48.0 Å². The summed E-state index contributed by atoms with van der Waals surface area (Å²) in [7, 11) is -3.76. The van der Waals surface area contributed by atoms with Crippen molar-refractivity contribution < 1.29 is 27.8 Å². The molecule has 0 atom stereocenters. The molecule has 0 radical (unpaired) electrons. The quantitative estimate of drug-likeness (QED) is 0.826. The fourth-order valence-electron chi connectivity index (χ4n) is 2.38. The van der Waals surface area contributed by atoms with Gasteiger partial charge in [-0.3, -0.25) is 4.72 Å². The van der Waals surface area contributed by atoms with Crippen LogP contribution in [0.4, 0.5) is 5.69 Å². The third kappa shape index (κ3) is 3.43. The van der Waals surface area contributed by atoms with Gasteiger partial charge in [0.25, 0.3) is 10.0 Å². The van der Waals surface area contributed by atoms with E-state index >= 15 is 0 Å². The Balaban J connectivity index is 1.78. The first-order chi connectivity index (χ1) is 11.5. The van der Waals surface area contributed by atoms with Gasteiger partial charge < -0.3 is 14.6 Å². The van der Waals surface area contributed by atoms with E-state index < -0.39 is 22.6 Å². The summed E-state index contributed by atoms with van der Waals surface area (Å²) >= 11 is 0. The van der Waals surface area contributed by atoms with Gasteiger partial charge in [0.15, 0.2) is 6.61 Å². The molecule has 0 fully saturated rings. The van der Waals surface area contributed by atoms with Crippen molar-refractivity contribution in [2.45, 2.75) is 11.3 Å². The number of rotatable bonds is 6. The van der Waals surface area contributed by atoms with Crippen molar-refractivity contribution >= 4 is 21.7 Å². The Morgan fingerprint density at radius 2 is 1.96 bits per heavy atom. The minimum atomic E-state index is -3.76.